The van der Waals surface area contributed by atoms with Gasteiger partial charge in [0.15, 0.2) is 0 Å². The summed E-state index contributed by atoms with van der Waals surface area (Å²) in [5.74, 6) is 0.770. The molecule has 0 saturated heterocycles. The first-order valence-electron chi connectivity index (χ1n) is 5.37. The number of anilines is 1. The van der Waals surface area contributed by atoms with Gasteiger partial charge in [-0.1, -0.05) is 13.0 Å². The normalized spacial score (nSPS) is 19.6. The molecule has 1 aliphatic carbocycles. The maximum atomic E-state index is 5.76. The first kappa shape index (κ1) is 9.53. The first-order valence-corrected chi connectivity index (χ1v) is 5.37. The molecule has 0 radical (unpaired) electrons. The summed E-state index contributed by atoms with van der Waals surface area (Å²) in [7, 11) is 0. The van der Waals surface area contributed by atoms with Gasteiger partial charge in [0.2, 0.25) is 0 Å². The van der Waals surface area contributed by atoms with Crippen molar-refractivity contribution in [3.05, 3.63) is 29.3 Å². The van der Waals surface area contributed by atoms with Crippen LogP contribution in [0, 0.1) is 5.92 Å². The summed E-state index contributed by atoms with van der Waals surface area (Å²) in [6.45, 7) is 4.35. The lowest BCUT2D eigenvalue weighted by atomic mass is 10.1. The van der Waals surface area contributed by atoms with E-state index in [1.54, 1.807) is 0 Å². The zero-order valence-electron chi connectivity index (χ0n) is 8.72. The Morgan fingerprint density at radius 2 is 2.14 bits per heavy atom. The highest BCUT2D eigenvalue weighted by molar-refractivity contribution is 5.46. The average Bonchev–Trinajstić information content (AvgIpc) is 2.56. The second kappa shape index (κ2) is 4.01. The number of nitrogen functional groups attached to an aromatic ring is 1. The van der Waals surface area contributed by atoms with Crippen molar-refractivity contribution in [1.82, 2.24) is 5.32 Å². The summed E-state index contributed by atoms with van der Waals surface area (Å²) >= 11 is 0. The summed E-state index contributed by atoms with van der Waals surface area (Å²) in [6.07, 6.45) is 2.40. The average molecular weight is 190 g/mol. The minimum atomic E-state index is 0.770. The molecule has 2 nitrogen and oxygen atoms in total. The van der Waals surface area contributed by atoms with Crippen molar-refractivity contribution in [2.24, 2.45) is 5.92 Å². The van der Waals surface area contributed by atoms with E-state index in [1.807, 2.05) is 6.07 Å². The van der Waals surface area contributed by atoms with Crippen molar-refractivity contribution in [1.29, 1.82) is 0 Å². The van der Waals surface area contributed by atoms with Crippen LogP contribution in [-0.4, -0.2) is 13.1 Å². The van der Waals surface area contributed by atoms with E-state index in [1.165, 1.54) is 24.0 Å². The summed E-state index contributed by atoms with van der Waals surface area (Å²) < 4.78 is 0. The maximum absolute atomic E-state index is 5.76. The third-order valence-electron chi connectivity index (χ3n) is 2.93. The van der Waals surface area contributed by atoms with Crippen molar-refractivity contribution in [3.8, 4) is 0 Å². The third-order valence-corrected chi connectivity index (χ3v) is 2.93. The summed E-state index contributed by atoms with van der Waals surface area (Å²) in [5.41, 5.74) is 9.60. The van der Waals surface area contributed by atoms with E-state index in [0.717, 1.165) is 24.7 Å². The fourth-order valence-corrected chi connectivity index (χ4v) is 2.22. The van der Waals surface area contributed by atoms with Crippen LogP contribution in [0.3, 0.4) is 0 Å². The zero-order valence-corrected chi connectivity index (χ0v) is 8.72. The van der Waals surface area contributed by atoms with Crippen molar-refractivity contribution in [2.75, 3.05) is 18.8 Å². The fourth-order valence-electron chi connectivity index (χ4n) is 2.22. The standard InChI is InChI=1S/C12H18N2/c1-2-14-8-9-5-10-3-4-12(13)7-11(10)6-9/h3-4,7,9,14H,2,5-6,8,13H2,1H3. The summed E-state index contributed by atoms with van der Waals surface area (Å²) in [4.78, 5) is 0. The van der Waals surface area contributed by atoms with E-state index in [2.05, 4.69) is 24.4 Å². The molecule has 1 unspecified atom stereocenters. The number of benzene rings is 1. The van der Waals surface area contributed by atoms with Gasteiger partial charge in [-0.15, -0.1) is 0 Å². The minimum absolute atomic E-state index is 0.770. The van der Waals surface area contributed by atoms with Gasteiger partial charge in [0, 0.05) is 5.69 Å². The SMILES string of the molecule is CCNCC1Cc2ccc(N)cc2C1. The van der Waals surface area contributed by atoms with Gasteiger partial charge in [0.25, 0.3) is 0 Å². The Morgan fingerprint density at radius 3 is 2.93 bits per heavy atom. The monoisotopic (exact) mass is 190 g/mol. The summed E-state index contributed by atoms with van der Waals surface area (Å²) in [6, 6.07) is 6.31. The summed E-state index contributed by atoms with van der Waals surface area (Å²) in [5, 5.41) is 3.41. The predicted octanol–water partition coefficient (Wildman–Crippen LogP) is 1.59. The molecule has 2 heteroatoms. The van der Waals surface area contributed by atoms with Gasteiger partial charge < -0.3 is 11.1 Å². The van der Waals surface area contributed by atoms with E-state index in [9.17, 15) is 0 Å². The molecule has 1 aliphatic rings. The van der Waals surface area contributed by atoms with Crippen LogP contribution in [0.4, 0.5) is 5.69 Å². The van der Waals surface area contributed by atoms with Crippen molar-refractivity contribution < 1.29 is 0 Å². The Morgan fingerprint density at radius 1 is 1.36 bits per heavy atom. The Kier molecular flexibility index (Phi) is 2.73. The molecular formula is C12H18N2. The molecule has 3 N–H and O–H groups in total. The smallest absolute Gasteiger partial charge is 0.0316 e. The lowest BCUT2D eigenvalue weighted by Crippen LogP contribution is -2.22. The highest BCUT2D eigenvalue weighted by atomic mass is 14.8. The Balaban J connectivity index is 2.03. The van der Waals surface area contributed by atoms with Crippen molar-refractivity contribution in [3.63, 3.8) is 0 Å². The van der Waals surface area contributed by atoms with Crippen LogP contribution >= 0.6 is 0 Å². The van der Waals surface area contributed by atoms with Gasteiger partial charge in [-0.2, -0.15) is 0 Å². The molecule has 0 amide bonds. The number of hydrogen-bond acceptors (Lipinski definition) is 2. The number of rotatable bonds is 3. The molecule has 14 heavy (non-hydrogen) atoms. The Hall–Kier alpha value is -1.02. The molecular weight excluding hydrogens is 172 g/mol. The highest BCUT2D eigenvalue weighted by Crippen LogP contribution is 2.27. The molecule has 0 bridgehead atoms. The number of nitrogens with two attached hydrogens (primary N) is 1. The molecule has 0 aliphatic heterocycles. The first-order chi connectivity index (χ1) is 6.79. The van der Waals surface area contributed by atoms with Crippen LogP contribution in [0.5, 0.6) is 0 Å². The van der Waals surface area contributed by atoms with Crippen LogP contribution in [0.2, 0.25) is 0 Å². The van der Waals surface area contributed by atoms with Crippen LogP contribution in [-0.2, 0) is 12.8 Å². The van der Waals surface area contributed by atoms with Gasteiger partial charge in [0.05, 0.1) is 0 Å². The van der Waals surface area contributed by atoms with E-state index in [4.69, 9.17) is 5.73 Å². The van der Waals surface area contributed by atoms with E-state index < -0.39 is 0 Å². The molecule has 1 aromatic rings. The lowest BCUT2D eigenvalue weighted by Gasteiger charge is -2.08. The van der Waals surface area contributed by atoms with Gasteiger partial charge in [0.1, 0.15) is 0 Å². The van der Waals surface area contributed by atoms with Crippen molar-refractivity contribution >= 4 is 5.69 Å². The molecule has 1 atom stereocenters. The Bertz CT molecular complexity index is 320. The number of hydrogen-bond donors (Lipinski definition) is 2. The second-order valence-corrected chi connectivity index (χ2v) is 4.11. The van der Waals surface area contributed by atoms with E-state index >= 15 is 0 Å². The fraction of sp³-hybridized carbons (Fsp3) is 0.500. The van der Waals surface area contributed by atoms with Gasteiger partial charge in [-0.05, 0) is 55.1 Å². The molecule has 1 aromatic carbocycles. The van der Waals surface area contributed by atoms with Gasteiger partial charge in [-0.25, -0.2) is 0 Å². The topological polar surface area (TPSA) is 38.0 Å². The number of nitrogens with one attached hydrogen (secondary N) is 1. The lowest BCUT2D eigenvalue weighted by molar-refractivity contribution is 0.508. The Labute approximate surface area is 85.5 Å². The predicted molar refractivity (Wildman–Crippen MR) is 60.3 cm³/mol. The molecule has 76 valence electrons. The zero-order chi connectivity index (χ0) is 9.97. The molecule has 0 heterocycles. The third kappa shape index (κ3) is 1.90. The second-order valence-electron chi connectivity index (χ2n) is 4.11. The molecule has 0 aromatic heterocycles. The van der Waals surface area contributed by atoms with Crippen LogP contribution in [0.15, 0.2) is 18.2 Å². The number of fused-ring (bicyclic) bond motifs is 1. The van der Waals surface area contributed by atoms with Crippen LogP contribution < -0.4 is 11.1 Å². The van der Waals surface area contributed by atoms with Crippen molar-refractivity contribution in [2.45, 2.75) is 19.8 Å². The molecule has 0 fully saturated rings. The van der Waals surface area contributed by atoms with E-state index in [-0.39, 0.29) is 0 Å². The largest absolute Gasteiger partial charge is 0.399 e. The quantitative estimate of drug-likeness (QED) is 0.710. The van der Waals surface area contributed by atoms with Gasteiger partial charge in [-0.3, -0.25) is 0 Å². The molecule has 2 rings (SSSR count). The minimum Gasteiger partial charge on any atom is -0.399 e. The van der Waals surface area contributed by atoms with Crippen LogP contribution in [0.1, 0.15) is 18.1 Å². The maximum Gasteiger partial charge on any atom is 0.0316 e. The molecule has 0 saturated carbocycles. The van der Waals surface area contributed by atoms with Gasteiger partial charge >= 0.3 is 0 Å². The van der Waals surface area contributed by atoms with Crippen LogP contribution in [0.25, 0.3) is 0 Å². The molecule has 0 spiro atoms. The highest BCUT2D eigenvalue weighted by Gasteiger charge is 2.20. The van der Waals surface area contributed by atoms with E-state index in [0.29, 0.717) is 0 Å².